The number of hydrogen-bond donors (Lipinski definition) is 2. The second-order valence-electron chi connectivity index (χ2n) is 5.01. The van der Waals surface area contributed by atoms with Gasteiger partial charge < -0.3 is 11.5 Å². The zero-order valence-electron chi connectivity index (χ0n) is 12.5. The Morgan fingerprint density at radius 1 is 0.957 bits per heavy atom. The van der Waals surface area contributed by atoms with Crippen LogP contribution in [0.3, 0.4) is 0 Å². The summed E-state index contributed by atoms with van der Waals surface area (Å²) in [5.74, 6) is -0.943. The van der Waals surface area contributed by atoms with Gasteiger partial charge in [-0.2, -0.15) is 0 Å². The van der Waals surface area contributed by atoms with E-state index in [-0.39, 0.29) is 0 Å². The highest BCUT2D eigenvalue weighted by Gasteiger charge is 2.04. The van der Waals surface area contributed by atoms with Crippen molar-refractivity contribution >= 4 is 28.8 Å². The molecule has 0 unspecified atom stereocenters. The van der Waals surface area contributed by atoms with E-state index in [0.29, 0.717) is 11.1 Å². The second kappa shape index (κ2) is 7.17. The highest BCUT2D eigenvalue weighted by molar-refractivity contribution is 6.00. The number of fused-ring (bicyclic) bond motifs is 1. The van der Waals surface area contributed by atoms with Gasteiger partial charge in [0.15, 0.2) is 0 Å². The zero-order chi connectivity index (χ0) is 16.8. The Morgan fingerprint density at radius 3 is 1.78 bits per heavy atom. The van der Waals surface area contributed by atoms with Gasteiger partial charge in [0.2, 0.25) is 11.8 Å². The Balaban J connectivity index is 0.000000229. The first-order valence-corrected chi connectivity index (χ1v) is 6.95. The van der Waals surface area contributed by atoms with Crippen molar-refractivity contribution in [1.29, 1.82) is 0 Å². The molecule has 2 aromatic carbocycles. The van der Waals surface area contributed by atoms with E-state index in [1.54, 1.807) is 42.6 Å². The summed E-state index contributed by atoms with van der Waals surface area (Å²) in [5, 5.41) is 1.70. The lowest BCUT2D eigenvalue weighted by Crippen LogP contribution is -2.11. The maximum atomic E-state index is 11.0. The maximum Gasteiger partial charge on any atom is 0.248 e. The molecule has 4 N–H and O–H groups in total. The smallest absolute Gasteiger partial charge is 0.248 e. The van der Waals surface area contributed by atoms with Crippen LogP contribution in [0.2, 0.25) is 0 Å². The van der Waals surface area contributed by atoms with Gasteiger partial charge >= 0.3 is 0 Å². The van der Waals surface area contributed by atoms with Crippen LogP contribution in [0.25, 0.3) is 10.8 Å². The number of hydrogen-bond acceptors (Lipinski definition) is 3. The molecular weight excluding hydrogens is 290 g/mol. The molecule has 1 aliphatic rings. The quantitative estimate of drug-likeness (QED) is 0.889. The minimum atomic E-state index is -0.471. The fraction of sp³-hybridized carbons (Fsp3) is 0.0556. The van der Waals surface area contributed by atoms with Crippen molar-refractivity contribution in [3.63, 3.8) is 0 Å². The van der Waals surface area contributed by atoms with E-state index in [4.69, 9.17) is 11.5 Å². The summed E-state index contributed by atoms with van der Waals surface area (Å²) >= 11 is 0. The van der Waals surface area contributed by atoms with Crippen LogP contribution in [0.15, 0.2) is 65.7 Å². The molecule has 0 aromatic heterocycles. The van der Waals surface area contributed by atoms with Crippen molar-refractivity contribution in [2.45, 2.75) is 0 Å². The summed E-state index contributed by atoms with van der Waals surface area (Å²) in [6, 6.07) is 10.1. The molecule has 3 rings (SSSR count). The SMILES string of the molecule is C=C1C=CC=NC1.NC(=O)c1ccc2cc(C(N)=O)ccc2c1. The van der Waals surface area contributed by atoms with Gasteiger partial charge in [0, 0.05) is 17.3 Å². The number of nitrogens with zero attached hydrogens (tertiary/aromatic N) is 1. The Hall–Kier alpha value is -3.21. The molecule has 0 radical (unpaired) electrons. The van der Waals surface area contributed by atoms with Gasteiger partial charge in [-0.05, 0) is 46.7 Å². The number of carbonyl (C=O) groups excluding carboxylic acids is 2. The Bertz CT molecular complexity index is 782. The number of benzene rings is 2. The Kier molecular flexibility index (Phi) is 5.04. The van der Waals surface area contributed by atoms with Crippen molar-refractivity contribution in [2.75, 3.05) is 6.54 Å². The first kappa shape index (κ1) is 16.2. The molecule has 1 heterocycles. The molecule has 2 amide bonds. The van der Waals surface area contributed by atoms with Gasteiger partial charge in [-0.15, -0.1) is 0 Å². The fourth-order valence-corrected chi connectivity index (χ4v) is 2.01. The van der Waals surface area contributed by atoms with Gasteiger partial charge in [0.25, 0.3) is 0 Å². The van der Waals surface area contributed by atoms with E-state index in [9.17, 15) is 9.59 Å². The van der Waals surface area contributed by atoms with E-state index in [0.717, 1.165) is 22.9 Å². The largest absolute Gasteiger partial charge is 0.366 e. The van der Waals surface area contributed by atoms with Crippen LogP contribution in [0.5, 0.6) is 0 Å². The normalized spacial score (nSPS) is 12.6. The highest BCUT2D eigenvalue weighted by atomic mass is 16.1. The van der Waals surface area contributed by atoms with Crippen molar-refractivity contribution in [3.8, 4) is 0 Å². The molecule has 0 bridgehead atoms. The molecule has 0 saturated heterocycles. The van der Waals surface area contributed by atoms with Gasteiger partial charge in [-0.25, -0.2) is 0 Å². The average molecular weight is 307 g/mol. The molecule has 5 nitrogen and oxygen atoms in total. The van der Waals surface area contributed by atoms with Gasteiger partial charge in [-0.1, -0.05) is 24.8 Å². The minimum Gasteiger partial charge on any atom is -0.366 e. The van der Waals surface area contributed by atoms with Gasteiger partial charge in [0.05, 0.1) is 6.54 Å². The Morgan fingerprint density at radius 2 is 1.48 bits per heavy atom. The van der Waals surface area contributed by atoms with Crippen molar-refractivity contribution in [1.82, 2.24) is 0 Å². The lowest BCUT2D eigenvalue weighted by Gasteiger charge is -2.02. The summed E-state index contributed by atoms with van der Waals surface area (Å²) in [4.78, 5) is 25.9. The molecule has 23 heavy (non-hydrogen) atoms. The molecule has 0 aliphatic carbocycles. The van der Waals surface area contributed by atoms with Crippen LogP contribution in [0.4, 0.5) is 0 Å². The molecule has 1 aliphatic heterocycles. The first-order valence-electron chi connectivity index (χ1n) is 6.95. The number of amides is 2. The van der Waals surface area contributed by atoms with Crippen molar-refractivity contribution < 1.29 is 9.59 Å². The minimum absolute atomic E-state index is 0.444. The molecule has 2 aromatic rings. The zero-order valence-corrected chi connectivity index (χ0v) is 12.5. The summed E-state index contributed by atoms with van der Waals surface area (Å²) in [6.07, 6.45) is 5.65. The van der Waals surface area contributed by atoms with E-state index in [2.05, 4.69) is 11.6 Å². The molecule has 0 spiro atoms. The van der Waals surface area contributed by atoms with Crippen LogP contribution >= 0.6 is 0 Å². The number of carbonyl (C=O) groups is 2. The maximum absolute atomic E-state index is 11.0. The van der Waals surface area contributed by atoms with Crippen molar-refractivity contribution in [3.05, 3.63) is 71.8 Å². The third kappa shape index (κ3) is 4.38. The van der Waals surface area contributed by atoms with Crippen LogP contribution in [0.1, 0.15) is 20.7 Å². The van der Waals surface area contributed by atoms with Crippen LogP contribution < -0.4 is 11.5 Å². The van der Waals surface area contributed by atoms with Crippen molar-refractivity contribution in [2.24, 2.45) is 16.5 Å². The lowest BCUT2D eigenvalue weighted by atomic mass is 10.0. The van der Waals surface area contributed by atoms with E-state index in [1.165, 1.54) is 0 Å². The van der Waals surface area contributed by atoms with Gasteiger partial charge in [-0.3, -0.25) is 14.6 Å². The van der Waals surface area contributed by atoms with E-state index in [1.807, 2.05) is 12.2 Å². The highest BCUT2D eigenvalue weighted by Crippen LogP contribution is 2.17. The number of aliphatic imine (C=N–C) groups is 1. The summed E-state index contributed by atoms with van der Waals surface area (Å²) in [7, 11) is 0. The number of primary amides is 2. The summed E-state index contributed by atoms with van der Waals surface area (Å²) < 4.78 is 0. The van der Waals surface area contributed by atoms with E-state index < -0.39 is 11.8 Å². The number of allylic oxidation sites excluding steroid dienone is 1. The molecule has 0 atom stereocenters. The Labute approximate surface area is 134 Å². The monoisotopic (exact) mass is 307 g/mol. The second-order valence-corrected chi connectivity index (χ2v) is 5.01. The molecule has 0 fully saturated rings. The predicted octanol–water partition coefficient (Wildman–Crippen LogP) is 2.22. The summed E-state index contributed by atoms with van der Waals surface area (Å²) in [5.41, 5.74) is 12.3. The van der Waals surface area contributed by atoms with E-state index >= 15 is 0 Å². The number of rotatable bonds is 2. The third-order valence-corrected chi connectivity index (χ3v) is 3.23. The topological polar surface area (TPSA) is 98.5 Å². The van der Waals surface area contributed by atoms with Crippen LogP contribution in [-0.4, -0.2) is 24.6 Å². The van der Waals surface area contributed by atoms with Crippen LogP contribution in [0, 0.1) is 0 Å². The number of dihydropyridines is 1. The molecule has 5 heteroatoms. The first-order chi connectivity index (χ1) is 11.0. The third-order valence-electron chi connectivity index (χ3n) is 3.23. The molecule has 116 valence electrons. The lowest BCUT2D eigenvalue weighted by molar-refractivity contribution is 0.0991. The molecule has 0 saturated carbocycles. The summed E-state index contributed by atoms with van der Waals surface area (Å²) in [6.45, 7) is 4.49. The fourth-order valence-electron chi connectivity index (χ4n) is 2.01. The predicted molar refractivity (Wildman–Crippen MR) is 92.6 cm³/mol. The van der Waals surface area contributed by atoms with Gasteiger partial charge in [0.1, 0.15) is 0 Å². The average Bonchev–Trinajstić information content (AvgIpc) is 2.55. The number of nitrogens with two attached hydrogens (primary N) is 2. The molecular formula is C18H17N3O2. The van der Waals surface area contributed by atoms with Crippen LogP contribution in [-0.2, 0) is 0 Å². The standard InChI is InChI=1S/C12H10N2O2.C6H7N/c13-11(15)9-3-1-7-5-10(12(14)16)4-2-8(7)6-9;1-6-3-2-4-7-5-6/h1-6H,(H2,13,15)(H2,14,16);2-4H,1,5H2.